The van der Waals surface area contributed by atoms with Gasteiger partial charge in [-0.15, -0.1) is 0 Å². The van der Waals surface area contributed by atoms with Crippen molar-refractivity contribution in [3.63, 3.8) is 0 Å². The van der Waals surface area contributed by atoms with Crippen molar-refractivity contribution in [1.29, 1.82) is 0 Å². The topological polar surface area (TPSA) is 23.5 Å². The fraction of sp³-hybridized carbons (Fsp3) is 1.00. The van der Waals surface area contributed by atoms with Crippen molar-refractivity contribution in [2.45, 2.75) is 46.1 Å². The lowest BCUT2D eigenvalue weighted by Crippen LogP contribution is -2.34. The molecule has 1 saturated heterocycles. The molecule has 3 heteroatoms. The zero-order valence-corrected chi connectivity index (χ0v) is 12.5. The predicted octanol–water partition coefficient (Wildman–Crippen LogP) is 2.89. The molecule has 1 aliphatic rings. The van der Waals surface area contributed by atoms with Crippen LogP contribution in [0.5, 0.6) is 0 Å². The number of hydrogen-bond acceptors (Lipinski definition) is 2. The lowest BCUT2D eigenvalue weighted by atomic mass is 9.77. The Hall–Kier alpha value is 0.400. The van der Waals surface area contributed by atoms with E-state index in [-0.39, 0.29) is 6.10 Å². The highest BCUT2D eigenvalue weighted by atomic mass is 79.9. The summed E-state index contributed by atoms with van der Waals surface area (Å²) in [7, 11) is 0. The Labute approximate surface area is 109 Å². The molecule has 1 N–H and O–H groups in total. The predicted molar refractivity (Wildman–Crippen MR) is 73.0 cm³/mol. The Morgan fingerprint density at radius 2 is 2.00 bits per heavy atom. The molecule has 0 bridgehead atoms. The van der Waals surface area contributed by atoms with Crippen molar-refractivity contribution >= 4 is 15.9 Å². The molecule has 0 amide bonds. The number of hydrogen-bond donors (Lipinski definition) is 1. The highest BCUT2D eigenvalue weighted by Crippen LogP contribution is 2.34. The highest BCUT2D eigenvalue weighted by molar-refractivity contribution is 9.09. The molecular formula is C13H26BrNO. The molecule has 1 heterocycles. The minimum absolute atomic E-state index is 0.216. The quantitative estimate of drug-likeness (QED) is 0.809. The Balaban J connectivity index is 2.40. The lowest BCUT2D eigenvalue weighted by molar-refractivity contribution is 0.129. The van der Waals surface area contributed by atoms with Gasteiger partial charge >= 0.3 is 0 Å². The van der Waals surface area contributed by atoms with E-state index >= 15 is 0 Å². The Bertz CT molecular complexity index is 203. The molecule has 2 atom stereocenters. The maximum absolute atomic E-state index is 9.64. The van der Waals surface area contributed by atoms with Gasteiger partial charge in [0.1, 0.15) is 0 Å². The average Bonchev–Trinajstić information content (AvgIpc) is 2.42. The number of aliphatic hydroxyl groups is 1. The van der Waals surface area contributed by atoms with Crippen molar-refractivity contribution in [2.24, 2.45) is 11.3 Å². The van der Waals surface area contributed by atoms with Crippen molar-refractivity contribution in [1.82, 2.24) is 4.90 Å². The van der Waals surface area contributed by atoms with Crippen LogP contribution in [0.3, 0.4) is 0 Å². The average molecular weight is 292 g/mol. The van der Waals surface area contributed by atoms with E-state index in [0.29, 0.717) is 10.7 Å². The molecule has 0 spiro atoms. The SMILES string of the molecule is CC(C)(C)C1CCCN(CC(O)CBr)CC1. The Morgan fingerprint density at radius 3 is 2.56 bits per heavy atom. The maximum atomic E-state index is 9.64. The molecular weight excluding hydrogens is 266 g/mol. The molecule has 1 rings (SSSR count). The van der Waals surface area contributed by atoms with Gasteiger partial charge in [-0.05, 0) is 43.7 Å². The standard InChI is InChI=1S/C13H26BrNO/c1-13(2,3)11-5-4-7-15(8-6-11)10-12(16)9-14/h11-12,16H,4-10H2,1-3H3. The third kappa shape index (κ3) is 4.72. The van der Waals surface area contributed by atoms with Gasteiger partial charge in [0.25, 0.3) is 0 Å². The van der Waals surface area contributed by atoms with Crippen LogP contribution >= 0.6 is 15.9 Å². The van der Waals surface area contributed by atoms with Crippen molar-refractivity contribution < 1.29 is 5.11 Å². The molecule has 0 radical (unpaired) electrons. The van der Waals surface area contributed by atoms with E-state index in [2.05, 4.69) is 41.6 Å². The first-order valence-electron chi connectivity index (χ1n) is 6.40. The molecule has 1 fully saturated rings. The van der Waals surface area contributed by atoms with E-state index in [9.17, 15) is 5.11 Å². The van der Waals surface area contributed by atoms with E-state index < -0.39 is 0 Å². The Morgan fingerprint density at radius 1 is 1.31 bits per heavy atom. The minimum atomic E-state index is -0.216. The van der Waals surface area contributed by atoms with Gasteiger partial charge in [-0.3, -0.25) is 0 Å². The number of likely N-dealkylation sites (tertiary alicyclic amines) is 1. The first-order chi connectivity index (χ1) is 7.43. The lowest BCUT2D eigenvalue weighted by Gasteiger charge is -2.30. The molecule has 96 valence electrons. The van der Waals surface area contributed by atoms with Gasteiger partial charge in [0.2, 0.25) is 0 Å². The van der Waals surface area contributed by atoms with Gasteiger partial charge in [0.15, 0.2) is 0 Å². The zero-order valence-electron chi connectivity index (χ0n) is 10.9. The summed E-state index contributed by atoms with van der Waals surface area (Å²) < 4.78 is 0. The van der Waals surface area contributed by atoms with Crippen LogP contribution in [-0.2, 0) is 0 Å². The molecule has 0 aromatic heterocycles. The molecule has 2 nitrogen and oxygen atoms in total. The van der Waals surface area contributed by atoms with Gasteiger partial charge in [-0.2, -0.15) is 0 Å². The smallest absolute Gasteiger partial charge is 0.0763 e. The van der Waals surface area contributed by atoms with Crippen LogP contribution in [0.25, 0.3) is 0 Å². The van der Waals surface area contributed by atoms with E-state index in [0.717, 1.165) is 25.6 Å². The van der Waals surface area contributed by atoms with Crippen LogP contribution in [0.4, 0.5) is 0 Å². The molecule has 0 aliphatic carbocycles. The summed E-state index contributed by atoms with van der Waals surface area (Å²) in [6.45, 7) is 10.2. The van der Waals surface area contributed by atoms with E-state index in [1.54, 1.807) is 0 Å². The van der Waals surface area contributed by atoms with E-state index in [1.807, 2.05) is 0 Å². The summed E-state index contributed by atoms with van der Waals surface area (Å²) in [6.07, 6.45) is 3.67. The molecule has 2 unspecified atom stereocenters. The summed E-state index contributed by atoms with van der Waals surface area (Å²) in [6, 6.07) is 0. The second kappa shape index (κ2) is 6.36. The summed E-state index contributed by atoms with van der Waals surface area (Å²) >= 11 is 3.33. The summed E-state index contributed by atoms with van der Waals surface area (Å²) in [4.78, 5) is 2.41. The van der Waals surface area contributed by atoms with Crippen molar-refractivity contribution in [2.75, 3.05) is 25.0 Å². The second-order valence-electron chi connectivity index (χ2n) is 6.10. The van der Waals surface area contributed by atoms with Crippen LogP contribution in [0, 0.1) is 11.3 Å². The normalized spacial score (nSPS) is 26.4. The third-order valence-corrected chi connectivity index (χ3v) is 4.44. The van der Waals surface area contributed by atoms with Crippen LogP contribution in [0.2, 0.25) is 0 Å². The van der Waals surface area contributed by atoms with E-state index in [1.165, 1.54) is 19.3 Å². The fourth-order valence-electron chi connectivity index (χ4n) is 2.55. The second-order valence-corrected chi connectivity index (χ2v) is 6.75. The third-order valence-electron chi connectivity index (χ3n) is 3.69. The largest absolute Gasteiger partial charge is 0.391 e. The highest BCUT2D eigenvalue weighted by Gasteiger charge is 2.27. The molecule has 1 aliphatic heterocycles. The minimum Gasteiger partial charge on any atom is -0.391 e. The van der Waals surface area contributed by atoms with Crippen LogP contribution in [-0.4, -0.2) is 41.1 Å². The van der Waals surface area contributed by atoms with Crippen LogP contribution < -0.4 is 0 Å². The first kappa shape index (κ1) is 14.5. The fourth-order valence-corrected chi connectivity index (χ4v) is 2.76. The molecule has 16 heavy (non-hydrogen) atoms. The Kier molecular flexibility index (Phi) is 5.75. The van der Waals surface area contributed by atoms with Gasteiger partial charge < -0.3 is 10.0 Å². The number of aliphatic hydroxyl groups excluding tert-OH is 1. The van der Waals surface area contributed by atoms with Gasteiger partial charge in [-0.1, -0.05) is 36.7 Å². The number of β-amino-alcohol motifs (C(OH)–C–C–N with tert-alkyl or cyclic N) is 1. The zero-order chi connectivity index (χ0) is 12.2. The summed E-state index contributed by atoms with van der Waals surface area (Å²) in [5, 5.41) is 10.3. The van der Waals surface area contributed by atoms with Crippen LogP contribution in [0.1, 0.15) is 40.0 Å². The van der Waals surface area contributed by atoms with Crippen LogP contribution in [0.15, 0.2) is 0 Å². The molecule has 0 aromatic rings. The van der Waals surface area contributed by atoms with Gasteiger partial charge in [-0.25, -0.2) is 0 Å². The maximum Gasteiger partial charge on any atom is 0.0763 e. The molecule has 0 saturated carbocycles. The number of alkyl halides is 1. The summed E-state index contributed by atoms with van der Waals surface area (Å²) in [5.74, 6) is 0.832. The monoisotopic (exact) mass is 291 g/mol. The number of halogens is 1. The number of nitrogens with zero attached hydrogens (tertiary/aromatic N) is 1. The number of rotatable bonds is 3. The first-order valence-corrected chi connectivity index (χ1v) is 7.52. The van der Waals surface area contributed by atoms with Crippen molar-refractivity contribution in [3.05, 3.63) is 0 Å². The van der Waals surface area contributed by atoms with Gasteiger partial charge in [0, 0.05) is 11.9 Å². The molecule has 0 aromatic carbocycles. The van der Waals surface area contributed by atoms with Crippen molar-refractivity contribution in [3.8, 4) is 0 Å². The van der Waals surface area contributed by atoms with Gasteiger partial charge in [0.05, 0.1) is 6.10 Å². The van der Waals surface area contributed by atoms with E-state index in [4.69, 9.17) is 0 Å². The summed E-state index contributed by atoms with van der Waals surface area (Å²) in [5.41, 5.74) is 0.435.